The molecule has 0 fully saturated rings. The van der Waals surface area contributed by atoms with Crippen LogP contribution in [0.4, 0.5) is 5.88 Å². The van der Waals surface area contributed by atoms with Crippen LogP contribution in [0.2, 0.25) is 0 Å². The van der Waals surface area contributed by atoms with Crippen molar-refractivity contribution >= 4 is 11.9 Å². The van der Waals surface area contributed by atoms with Crippen LogP contribution in [0.5, 0.6) is 0 Å². The molecule has 6 nitrogen and oxygen atoms in total. The maximum absolute atomic E-state index is 10.6. The molecule has 0 radical (unpaired) electrons. The van der Waals surface area contributed by atoms with Gasteiger partial charge in [0.15, 0.2) is 5.88 Å². The minimum atomic E-state index is -1.12. The van der Waals surface area contributed by atoms with E-state index in [1.54, 1.807) is 14.0 Å². The molecule has 1 rings (SSSR count). The van der Waals surface area contributed by atoms with Crippen molar-refractivity contribution < 1.29 is 24.2 Å². The van der Waals surface area contributed by atoms with E-state index in [0.717, 1.165) is 0 Å². The number of aliphatic hydroxyl groups is 1. The van der Waals surface area contributed by atoms with Crippen LogP contribution in [0, 0.1) is 0 Å². The first-order valence-corrected chi connectivity index (χ1v) is 5.23. The van der Waals surface area contributed by atoms with Crippen molar-refractivity contribution in [2.45, 2.75) is 18.9 Å². The number of hydrogen-bond donors (Lipinski definition) is 3. The highest BCUT2D eigenvalue weighted by Gasteiger charge is 2.20. The third-order valence-corrected chi connectivity index (χ3v) is 2.31. The Bertz CT molecular complexity index is 372. The quantitative estimate of drug-likeness (QED) is 0.666. The number of aromatic carboxylic acids is 1. The molecular weight excluding hydrogens is 226 g/mol. The van der Waals surface area contributed by atoms with E-state index >= 15 is 0 Å². The molecule has 96 valence electrons. The van der Waals surface area contributed by atoms with Gasteiger partial charge in [0.1, 0.15) is 0 Å². The average Bonchev–Trinajstić information content (AvgIpc) is 2.73. The first-order valence-electron chi connectivity index (χ1n) is 5.23. The predicted molar refractivity (Wildman–Crippen MR) is 61.3 cm³/mol. The summed E-state index contributed by atoms with van der Waals surface area (Å²) in [6, 6.07) is 2.87. The molecule has 6 heteroatoms. The Morgan fingerprint density at radius 3 is 2.82 bits per heavy atom. The van der Waals surface area contributed by atoms with Crippen LogP contribution in [0.3, 0.4) is 0 Å². The van der Waals surface area contributed by atoms with Crippen molar-refractivity contribution in [2.75, 3.05) is 25.6 Å². The van der Waals surface area contributed by atoms with Crippen molar-refractivity contribution in [1.29, 1.82) is 0 Å². The van der Waals surface area contributed by atoms with Gasteiger partial charge >= 0.3 is 5.97 Å². The average molecular weight is 243 g/mol. The van der Waals surface area contributed by atoms with Gasteiger partial charge in [0.25, 0.3) is 0 Å². The standard InChI is InChI=1S/C11H17NO5/c1-11(15,5-6-16-2)7-12-9-4-3-8(17-9)10(13)14/h3-4,12,15H,5-7H2,1-2H3,(H,13,14). The maximum atomic E-state index is 10.6. The molecule has 0 spiro atoms. The number of carbonyl (C=O) groups is 1. The molecule has 1 aromatic heterocycles. The van der Waals surface area contributed by atoms with Crippen LogP contribution >= 0.6 is 0 Å². The van der Waals surface area contributed by atoms with Gasteiger partial charge in [-0.05, 0) is 13.0 Å². The van der Waals surface area contributed by atoms with E-state index in [2.05, 4.69) is 5.32 Å². The number of methoxy groups -OCH3 is 1. The zero-order valence-corrected chi connectivity index (χ0v) is 9.90. The first-order chi connectivity index (χ1) is 7.94. The largest absolute Gasteiger partial charge is 0.475 e. The summed E-state index contributed by atoms with van der Waals surface area (Å²) in [5.41, 5.74) is -0.938. The lowest BCUT2D eigenvalue weighted by atomic mass is 10.0. The number of ether oxygens (including phenoxy) is 1. The lowest BCUT2D eigenvalue weighted by molar-refractivity contribution is 0.0354. The monoisotopic (exact) mass is 243 g/mol. The van der Waals surface area contributed by atoms with Crippen LogP contribution < -0.4 is 5.32 Å². The van der Waals surface area contributed by atoms with E-state index in [9.17, 15) is 9.90 Å². The number of anilines is 1. The van der Waals surface area contributed by atoms with Crippen molar-refractivity contribution in [1.82, 2.24) is 0 Å². The van der Waals surface area contributed by atoms with Gasteiger partial charge in [-0.15, -0.1) is 0 Å². The Morgan fingerprint density at radius 2 is 2.29 bits per heavy atom. The Hall–Kier alpha value is -1.53. The number of furan rings is 1. The van der Waals surface area contributed by atoms with Crippen LogP contribution in [-0.4, -0.2) is 42.0 Å². The number of rotatable bonds is 7. The van der Waals surface area contributed by atoms with E-state index in [0.29, 0.717) is 18.9 Å². The molecule has 0 saturated heterocycles. The maximum Gasteiger partial charge on any atom is 0.371 e. The zero-order chi connectivity index (χ0) is 12.9. The fourth-order valence-corrected chi connectivity index (χ4v) is 1.24. The second kappa shape index (κ2) is 5.70. The molecule has 17 heavy (non-hydrogen) atoms. The second-order valence-electron chi connectivity index (χ2n) is 4.06. The first kappa shape index (κ1) is 13.5. The normalized spacial score (nSPS) is 14.3. The van der Waals surface area contributed by atoms with Crippen molar-refractivity contribution in [3.8, 4) is 0 Å². The minimum absolute atomic E-state index is 0.135. The fraction of sp³-hybridized carbons (Fsp3) is 0.545. The number of nitrogens with one attached hydrogen (secondary N) is 1. The van der Waals surface area contributed by atoms with Crippen molar-refractivity contribution in [3.05, 3.63) is 17.9 Å². The summed E-state index contributed by atoms with van der Waals surface area (Å²) in [5.74, 6) is -0.937. The highest BCUT2D eigenvalue weighted by Crippen LogP contribution is 2.16. The predicted octanol–water partition coefficient (Wildman–Crippen LogP) is 1.18. The molecular formula is C11H17NO5. The molecule has 3 N–H and O–H groups in total. The molecule has 1 unspecified atom stereocenters. The molecule has 0 saturated carbocycles. The fourth-order valence-electron chi connectivity index (χ4n) is 1.24. The Kier molecular flexibility index (Phi) is 4.53. The van der Waals surface area contributed by atoms with E-state index < -0.39 is 11.6 Å². The topological polar surface area (TPSA) is 91.9 Å². The smallest absolute Gasteiger partial charge is 0.371 e. The van der Waals surface area contributed by atoms with Crippen LogP contribution in [0.15, 0.2) is 16.5 Å². The minimum Gasteiger partial charge on any atom is -0.475 e. The van der Waals surface area contributed by atoms with Gasteiger partial charge < -0.3 is 24.7 Å². The molecule has 0 amide bonds. The highest BCUT2D eigenvalue weighted by atomic mass is 16.5. The summed E-state index contributed by atoms with van der Waals surface area (Å²) >= 11 is 0. The lowest BCUT2D eigenvalue weighted by Gasteiger charge is -2.22. The molecule has 0 aliphatic rings. The molecule has 0 aromatic carbocycles. The zero-order valence-electron chi connectivity index (χ0n) is 9.90. The number of carboxylic acid groups (broad SMARTS) is 1. The third kappa shape index (κ3) is 4.46. The highest BCUT2D eigenvalue weighted by molar-refractivity contribution is 5.84. The molecule has 1 aromatic rings. The summed E-state index contributed by atoms with van der Waals surface area (Å²) in [6.45, 7) is 2.37. The summed E-state index contributed by atoms with van der Waals surface area (Å²) in [4.78, 5) is 10.6. The summed E-state index contributed by atoms with van der Waals surface area (Å²) in [5, 5.41) is 21.4. The lowest BCUT2D eigenvalue weighted by Crippen LogP contribution is -2.34. The number of hydrogen-bond acceptors (Lipinski definition) is 5. The molecule has 1 atom stereocenters. The Labute approximate surface area is 99.2 Å². The number of carboxylic acids is 1. The van der Waals surface area contributed by atoms with E-state index in [1.807, 2.05) is 0 Å². The SMILES string of the molecule is COCCC(C)(O)CNc1ccc(C(=O)O)o1. The van der Waals surface area contributed by atoms with Crippen LogP contribution in [0.1, 0.15) is 23.9 Å². The van der Waals surface area contributed by atoms with Crippen molar-refractivity contribution in [3.63, 3.8) is 0 Å². The van der Waals surface area contributed by atoms with Gasteiger partial charge in [-0.2, -0.15) is 0 Å². The summed E-state index contributed by atoms with van der Waals surface area (Å²) < 4.78 is 9.87. The Balaban J connectivity index is 2.46. The van der Waals surface area contributed by atoms with Gasteiger partial charge in [0.05, 0.1) is 5.60 Å². The van der Waals surface area contributed by atoms with E-state index in [-0.39, 0.29) is 12.3 Å². The Morgan fingerprint density at radius 1 is 1.59 bits per heavy atom. The molecule has 0 bridgehead atoms. The van der Waals surface area contributed by atoms with E-state index in [1.165, 1.54) is 12.1 Å². The van der Waals surface area contributed by atoms with Gasteiger partial charge in [-0.25, -0.2) is 4.79 Å². The van der Waals surface area contributed by atoms with Crippen LogP contribution in [0.25, 0.3) is 0 Å². The van der Waals surface area contributed by atoms with Gasteiger partial charge in [0.2, 0.25) is 5.76 Å². The van der Waals surface area contributed by atoms with Gasteiger partial charge in [-0.3, -0.25) is 0 Å². The summed E-state index contributed by atoms with van der Waals surface area (Å²) in [7, 11) is 1.56. The summed E-state index contributed by atoms with van der Waals surface area (Å²) in [6.07, 6.45) is 0.475. The van der Waals surface area contributed by atoms with Crippen molar-refractivity contribution in [2.24, 2.45) is 0 Å². The molecule has 0 aliphatic carbocycles. The van der Waals surface area contributed by atoms with Gasteiger partial charge in [-0.1, -0.05) is 0 Å². The second-order valence-corrected chi connectivity index (χ2v) is 4.06. The third-order valence-electron chi connectivity index (χ3n) is 2.31. The molecule has 0 aliphatic heterocycles. The molecule has 1 heterocycles. The van der Waals surface area contributed by atoms with Gasteiger partial charge in [0, 0.05) is 32.7 Å². The van der Waals surface area contributed by atoms with E-state index in [4.69, 9.17) is 14.3 Å². The van der Waals surface area contributed by atoms with Crippen LogP contribution in [-0.2, 0) is 4.74 Å².